The van der Waals surface area contributed by atoms with Crippen molar-refractivity contribution in [1.82, 2.24) is 24.7 Å². The average Bonchev–Trinajstić information content (AvgIpc) is 2.98. The van der Waals surface area contributed by atoms with Crippen LogP contribution < -0.4 is 0 Å². The lowest BCUT2D eigenvalue weighted by molar-refractivity contribution is -0.128. The first kappa shape index (κ1) is 30.5. The Morgan fingerprint density at radius 2 is 1.68 bits per heavy atom. The second-order valence-corrected chi connectivity index (χ2v) is 13.3. The minimum atomic E-state index is -0.330. The van der Waals surface area contributed by atoms with Gasteiger partial charge >= 0.3 is 6.09 Å². The van der Waals surface area contributed by atoms with E-state index in [-0.39, 0.29) is 17.6 Å². The van der Waals surface area contributed by atoms with Crippen LogP contribution in [0.1, 0.15) is 86.5 Å². The summed E-state index contributed by atoms with van der Waals surface area (Å²) in [6, 6.07) is 0.465. The van der Waals surface area contributed by atoms with Crippen molar-refractivity contribution in [2.45, 2.75) is 95.4 Å². The first-order valence-electron chi connectivity index (χ1n) is 15.8. The number of aryl methyl sites for hydroxylation is 2. The average molecular weight is 588 g/mol. The van der Waals surface area contributed by atoms with Crippen LogP contribution in [-0.2, 0) is 9.47 Å². The van der Waals surface area contributed by atoms with Crippen LogP contribution in [0.2, 0.25) is 0 Å². The highest BCUT2D eigenvalue weighted by atomic mass is 32.2. The molecule has 4 saturated heterocycles. The van der Waals surface area contributed by atoms with Crippen molar-refractivity contribution in [3.05, 3.63) is 17.0 Å². The van der Waals surface area contributed by atoms with Crippen LogP contribution in [0.25, 0.3) is 0 Å². The van der Waals surface area contributed by atoms with Crippen molar-refractivity contribution in [1.29, 1.82) is 0 Å². The van der Waals surface area contributed by atoms with Crippen LogP contribution in [0.15, 0.2) is 5.16 Å². The van der Waals surface area contributed by atoms with Crippen molar-refractivity contribution in [3.63, 3.8) is 0 Å². The number of hydrogen-bond donors (Lipinski definition) is 0. The highest BCUT2D eigenvalue weighted by Gasteiger charge is 2.50. The fraction of sp³-hybridized carbons (Fsp3) is 0.806. The van der Waals surface area contributed by atoms with Gasteiger partial charge in [-0.25, -0.2) is 14.8 Å². The Bertz CT molecular complexity index is 1040. The highest BCUT2D eigenvalue weighted by Crippen LogP contribution is 2.42. The molecule has 228 valence electrons. The topological polar surface area (TPSA) is 88.1 Å². The maximum absolute atomic E-state index is 13.4. The lowest BCUT2D eigenvalue weighted by Gasteiger charge is -2.52. The fourth-order valence-electron chi connectivity index (χ4n) is 7.48. The maximum Gasteiger partial charge on any atom is 0.410 e. The molecule has 0 aromatic carbocycles. The Labute approximate surface area is 250 Å². The molecule has 5 heterocycles. The summed E-state index contributed by atoms with van der Waals surface area (Å²) in [7, 11) is 0. The van der Waals surface area contributed by atoms with Crippen LogP contribution in [-0.4, -0.2) is 107 Å². The van der Waals surface area contributed by atoms with Crippen molar-refractivity contribution in [2.24, 2.45) is 11.8 Å². The molecule has 5 rings (SSSR count). The Morgan fingerprint density at radius 3 is 2.29 bits per heavy atom. The number of rotatable bonds is 8. The van der Waals surface area contributed by atoms with Gasteiger partial charge in [0.25, 0.3) is 5.91 Å². The van der Waals surface area contributed by atoms with Gasteiger partial charge in [-0.05, 0) is 58.1 Å². The summed E-state index contributed by atoms with van der Waals surface area (Å²) < 4.78 is 11.9. The molecule has 0 saturated carbocycles. The molecule has 1 unspecified atom stereocenters. The summed E-state index contributed by atoms with van der Waals surface area (Å²) in [6.07, 6.45) is 11.1. The van der Waals surface area contributed by atoms with E-state index < -0.39 is 0 Å². The summed E-state index contributed by atoms with van der Waals surface area (Å²) in [6.45, 7) is 12.7. The number of carbonyl (C=O) groups is 2. The molecule has 4 fully saturated rings. The summed E-state index contributed by atoms with van der Waals surface area (Å²) in [4.78, 5) is 42.3. The monoisotopic (exact) mass is 587 g/mol. The number of hydrogen-bond acceptors (Lipinski definition) is 8. The molecule has 1 spiro atoms. The van der Waals surface area contributed by atoms with E-state index in [0.717, 1.165) is 115 Å². The molecule has 10 heteroatoms. The Kier molecular flexibility index (Phi) is 10.1. The van der Waals surface area contributed by atoms with Gasteiger partial charge in [-0.3, -0.25) is 9.69 Å². The molecular weight excluding hydrogens is 538 g/mol. The predicted octanol–water partition coefficient (Wildman–Crippen LogP) is 4.94. The molecule has 0 radical (unpaired) electrons. The zero-order valence-electron chi connectivity index (χ0n) is 25.5. The SMILES string of the molecule is CCCCC1CN(CC2CCOCC2)C(=O)OC12CCN(C1CCN(C(=O)c3c(C)nc(SC)nc3C)CC1)CC2. The highest BCUT2D eigenvalue weighted by molar-refractivity contribution is 7.98. The second kappa shape index (κ2) is 13.6. The number of thioether (sulfide) groups is 1. The van der Waals surface area contributed by atoms with Gasteiger partial charge in [-0.1, -0.05) is 31.5 Å². The summed E-state index contributed by atoms with van der Waals surface area (Å²) in [5, 5.41) is 0.714. The summed E-state index contributed by atoms with van der Waals surface area (Å²) in [5.41, 5.74) is 1.86. The Morgan fingerprint density at radius 1 is 1.02 bits per heavy atom. The van der Waals surface area contributed by atoms with E-state index in [0.29, 0.717) is 28.6 Å². The van der Waals surface area contributed by atoms with E-state index >= 15 is 0 Å². The number of piperidine rings is 2. The molecule has 0 N–H and O–H groups in total. The van der Waals surface area contributed by atoms with Crippen molar-refractivity contribution >= 4 is 23.8 Å². The first-order chi connectivity index (χ1) is 19.8. The van der Waals surface area contributed by atoms with E-state index in [9.17, 15) is 9.59 Å². The van der Waals surface area contributed by atoms with E-state index in [4.69, 9.17) is 9.47 Å². The third kappa shape index (κ3) is 6.85. The molecule has 0 bridgehead atoms. The minimum Gasteiger partial charge on any atom is -0.442 e. The molecule has 1 aromatic heterocycles. The zero-order valence-corrected chi connectivity index (χ0v) is 26.3. The minimum absolute atomic E-state index is 0.0573. The van der Waals surface area contributed by atoms with Crippen LogP contribution in [0, 0.1) is 25.7 Å². The van der Waals surface area contributed by atoms with E-state index in [1.54, 1.807) is 0 Å². The third-order valence-electron chi connectivity index (χ3n) is 10.0. The van der Waals surface area contributed by atoms with Crippen LogP contribution in [0.4, 0.5) is 4.79 Å². The Hall–Kier alpha value is -1.91. The van der Waals surface area contributed by atoms with Gasteiger partial charge in [0.05, 0.1) is 17.0 Å². The Balaban J connectivity index is 1.16. The number of likely N-dealkylation sites (tertiary alicyclic amines) is 2. The predicted molar refractivity (Wildman–Crippen MR) is 160 cm³/mol. The van der Waals surface area contributed by atoms with Gasteiger partial charge in [0.15, 0.2) is 5.16 Å². The van der Waals surface area contributed by atoms with Crippen LogP contribution in [0.3, 0.4) is 0 Å². The number of unbranched alkanes of at least 4 members (excludes halogenated alkanes) is 1. The fourth-order valence-corrected chi connectivity index (χ4v) is 7.94. The molecule has 41 heavy (non-hydrogen) atoms. The number of amides is 2. The molecule has 2 amide bonds. The first-order valence-corrected chi connectivity index (χ1v) is 17.0. The molecule has 4 aliphatic heterocycles. The number of ether oxygens (including phenoxy) is 2. The normalized spacial score (nSPS) is 24.6. The van der Waals surface area contributed by atoms with Crippen molar-refractivity contribution in [3.8, 4) is 0 Å². The maximum atomic E-state index is 13.4. The molecule has 1 aromatic rings. The third-order valence-corrected chi connectivity index (χ3v) is 10.6. The van der Waals surface area contributed by atoms with E-state index in [2.05, 4.69) is 21.8 Å². The van der Waals surface area contributed by atoms with E-state index in [1.807, 2.05) is 29.9 Å². The number of aromatic nitrogens is 2. The van der Waals surface area contributed by atoms with Gasteiger partial charge in [0, 0.05) is 77.3 Å². The van der Waals surface area contributed by atoms with Gasteiger partial charge in [0.2, 0.25) is 0 Å². The second-order valence-electron chi connectivity index (χ2n) is 12.5. The largest absolute Gasteiger partial charge is 0.442 e. The summed E-state index contributed by atoms with van der Waals surface area (Å²) in [5.74, 6) is 0.974. The lowest BCUT2D eigenvalue weighted by Crippen LogP contribution is -2.61. The molecule has 0 aliphatic carbocycles. The van der Waals surface area contributed by atoms with Crippen LogP contribution in [0.5, 0.6) is 0 Å². The van der Waals surface area contributed by atoms with E-state index in [1.165, 1.54) is 18.2 Å². The number of nitrogens with zero attached hydrogens (tertiary/aromatic N) is 5. The van der Waals surface area contributed by atoms with Crippen molar-refractivity contribution < 1.29 is 19.1 Å². The van der Waals surface area contributed by atoms with Crippen LogP contribution >= 0.6 is 11.8 Å². The molecule has 9 nitrogen and oxygen atoms in total. The quantitative estimate of drug-likeness (QED) is 0.312. The van der Waals surface area contributed by atoms with Gasteiger partial charge < -0.3 is 19.3 Å². The van der Waals surface area contributed by atoms with Crippen molar-refractivity contribution in [2.75, 3.05) is 58.7 Å². The molecule has 1 atom stereocenters. The standard InChI is InChI=1S/C31H49N5O4S/c1-5-6-7-25-21-36(20-24-10-18-39-19-11-24)30(38)40-31(25)12-16-34(17-13-31)26-8-14-35(15-9-26)28(37)27-22(2)32-29(41-4)33-23(27)3/h24-26H,5-21H2,1-4H3. The summed E-state index contributed by atoms with van der Waals surface area (Å²) >= 11 is 1.50. The molecule has 4 aliphatic rings. The van der Waals surface area contributed by atoms with Gasteiger partial charge in [-0.15, -0.1) is 0 Å². The lowest BCUT2D eigenvalue weighted by atomic mass is 9.75. The van der Waals surface area contributed by atoms with Gasteiger partial charge in [0.1, 0.15) is 5.60 Å². The molecular formula is C31H49N5O4S. The van der Waals surface area contributed by atoms with Gasteiger partial charge in [-0.2, -0.15) is 0 Å². The number of carbonyl (C=O) groups excluding carboxylic acids is 2. The smallest absolute Gasteiger partial charge is 0.410 e. The zero-order chi connectivity index (χ0) is 29.0.